The summed E-state index contributed by atoms with van der Waals surface area (Å²) in [5, 5.41) is 3.67. The first kappa shape index (κ1) is 14.7. The Morgan fingerprint density at radius 2 is 1.80 bits per heavy atom. The Balaban J connectivity index is 2.08. The normalized spacial score (nSPS) is 13.9. The lowest BCUT2D eigenvalue weighted by Gasteiger charge is -2.22. The molecule has 0 saturated carbocycles. The van der Waals surface area contributed by atoms with Crippen molar-refractivity contribution in [2.24, 2.45) is 0 Å². The van der Waals surface area contributed by atoms with E-state index in [1.807, 2.05) is 18.3 Å². The van der Waals surface area contributed by atoms with Gasteiger partial charge in [0.1, 0.15) is 0 Å². The third-order valence-corrected chi connectivity index (χ3v) is 3.78. The number of aromatic nitrogens is 1. The van der Waals surface area contributed by atoms with Gasteiger partial charge in [0.2, 0.25) is 0 Å². The Labute approximate surface area is 122 Å². The molecule has 0 radical (unpaired) electrons. The van der Waals surface area contributed by atoms with Gasteiger partial charge in [0.15, 0.2) is 0 Å². The first-order valence-electron chi connectivity index (χ1n) is 7.50. The second-order valence-electron chi connectivity index (χ2n) is 5.20. The van der Waals surface area contributed by atoms with Crippen LogP contribution in [0.1, 0.15) is 56.1 Å². The lowest BCUT2D eigenvalue weighted by molar-refractivity contribution is 0.450. The topological polar surface area (TPSA) is 24.9 Å². The fourth-order valence-corrected chi connectivity index (χ4v) is 2.45. The van der Waals surface area contributed by atoms with Gasteiger partial charge in [0.25, 0.3) is 0 Å². The van der Waals surface area contributed by atoms with E-state index in [1.54, 1.807) is 0 Å². The zero-order valence-electron chi connectivity index (χ0n) is 12.6. The third-order valence-electron chi connectivity index (χ3n) is 3.78. The van der Waals surface area contributed by atoms with Crippen LogP contribution in [-0.4, -0.2) is 4.98 Å². The van der Waals surface area contributed by atoms with Crippen molar-refractivity contribution in [3.05, 3.63) is 65.5 Å². The van der Waals surface area contributed by atoms with Crippen LogP contribution >= 0.6 is 0 Å². The summed E-state index contributed by atoms with van der Waals surface area (Å²) in [4.78, 5) is 4.42. The molecule has 0 aliphatic carbocycles. The summed E-state index contributed by atoms with van der Waals surface area (Å²) in [6.45, 7) is 6.58. The van der Waals surface area contributed by atoms with Gasteiger partial charge in [0, 0.05) is 18.3 Å². The van der Waals surface area contributed by atoms with Crippen LogP contribution in [0.3, 0.4) is 0 Å². The van der Waals surface area contributed by atoms with Crippen LogP contribution in [-0.2, 0) is 6.42 Å². The molecule has 1 aromatic carbocycles. The van der Waals surface area contributed by atoms with E-state index in [1.165, 1.54) is 11.1 Å². The first-order chi connectivity index (χ1) is 9.74. The minimum atomic E-state index is 0.256. The van der Waals surface area contributed by atoms with Crippen molar-refractivity contribution in [3.8, 4) is 0 Å². The minimum Gasteiger partial charge on any atom is -0.302 e. The van der Waals surface area contributed by atoms with E-state index in [0.717, 1.165) is 18.5 Å². The number of nitrogens with one attached hydrogen (secondary N) is 1. The van der Waals surface area contributed by atoms with Crippen molar-refractivity contribution in [2.75, 3.05) is 0 Å². The predicted molar refractivity (Wildman–Crippen MR) is 84.6 cm³/mol. The average Bonchev–Trinajstić information content (AvgIpc) is 2.53. The molecule has 106 valence electrons. The zero-order valence-corrected chi connectivity index (χ0v) is 12.6. The van der Waals surface area contributed by atoms with E-state index in [-0.39, 0.29) is 6.04 Å². The molecule has 1 aromatic heterocycles. The van der Waals surface area contributed by atoms with Gasteiger partial charge in [-0.3, -0.25) is 4.98 Å². The molecular formula is C18H24N2. The molecule has 1 heterocycles. The molecule has 2 aromatic rings. The summed E-state index contributed by atoms with van der Waals surface area (Å²) >= 11 is 0. The van der Waals surface area contributed by atoms with Crippen molar-refractivity contribution >= 4 is 0 Å². The smallest absolute Gasteiger partial charge is 0.0570 e. The SMILES string of the molecule is CCc1ccc(C(CC)N[C@H](C)c2ccccn2)cc1. The van der Waals surface area contributed by atoms with E-state index in [4.69, 9.17) is 0 Å². The number of benzene rings is 1. The lowest BCUT2D eigenvalue weighted by Crippen LogP contribution is -2.24. The Morgan fingerprint density at radius 3 is 2.35 bits per heavy atom. The van der Waals surface area contributed by atoms with Gasteiger partial charge in [-0.05, 0) is 43.0 Å². The van der Waals surface area contributed by atoms with Gasteiger partial charge in [-0.15, -0.1) is 0 Å². The fourth-order valence-electron chi connectivity index (χ4n) is 2.45. The van der Waals surface area contributed by atoms with Gasteiger partial charge in [-0.2, -0.15) is 0 Å². The number of hydrogen-bond acceptors (Lipinski definition) is 2. The van der Waals surface area contributed by atoms with Crippen LogP contribution in [0.15, 0.2) is 48.7 Å². The number of aryl methyl sites for hydroxylation is 1. The van der Waals surface area contributed by atoms with E-state index in [9.17, 15) is 0 Å². The highest BCUT2D eigenvalue weighted by atomic mass is 15.0. The maximum absolute atomic E-state index is 4.42. The van der Waals surface area contributed by atoms with E-state index in [2.05, 4.69) is 61.4 Å². The lowest BCUT2D eigenvalue weighted by atomic mass is 10.0. The van der Waals surface area contributed by atoms with Crippen molar-refractivity contribution in [3.63, 3.8) is 0 Å². The number of nitrogens with zero attached hydrogens (tertiary/aromatic N) is 1. The summed E-state index contributed by atoms with van der Waals surface area (Å²) < 4.78 is 0. The van der Waals surface area contributed by atoms with Crippen LogP contribution in [0, 0.1) is 0 Å². The van der Waals surface area contributed by atoms with E-state index >= 15 is 0 Å². The molecule has 1 N–H and O–H groups in total. The number of hydrogen-bond donors (Lipinski definition) is 1. The van der Waals surface area contributed by atoms with Crippen LogP contribution in [0.4, 0.5) is 0 Å². The molecule has 2 rings (SSSR count). The highest BCUT2D eigenvalue weighted by Crippen LogP contribution is 2.21. The number of rotatable bonds is 6. The molecule has 0 saturated heterocycles. The van der Waals surface area contributed by atoms with Crippen molar-refractivity contribution in [2.45, 2.75) is 45.7 Å². The van der Waals surface area contributed by atoms with Crippen LogP contribution in [0.5, 0.6) is 0 Å². The molecule has 0 aliphatic rings. The van der Waals surface area contributed by atoms with Gasteiger partial charge in [0.05, 0.1) is 5.69 Å². The second kappa shape index (κ2) is 7.20. The molecule has 0 bridgehead atoms. The largest absolute Gasteiger partial charge is 0.302 e. The molecule has 0 aliphatic heterocycles. The van der Waals surface area contributed by atoms with Crippen molar-refractivity contribution in [1.29, 1.82) is 0 Å². The Hall–Kier alpha value is -1.67. The standard InChI is InChI=1S/C18H24N2/c1-4-15-9-11-16(12-10-15)17(5-2)20-14(3)18-8-6-7-13-19-18/h6-14,17,20H,4-5H2,1-3H3/t14-,17?/m1/s1. The van der Waals surface area contributed by atoms with Gasteiger partial charge in [-0.25, -0.2) is 0 Å². The molecule has 1 unspecified atom stereocenters. The monoisotopic (exact) mass is 268 g/mol. The van der Waals surface area contributed by atoms with Crippen LogP contribution < -0.4 is 5.32 Å². The maximum Gasteiger partial charge on any atom is 0.0570 e. The predicted octanol–water partition coefficient (Wildman–Crippen LogP) is 4.45. The quantitative estimate of drug-likeness (QED) is 0.837. The Kier molecular flexibility index (Phi) is 5.31. The van der Waals surface area contributed by atoms with Crippen LogP contribution in [0.2, 0.25) is 0 Å². The average molecular weight is 268 g/mol. The van der Waals surface area contributed by atoms with Gasteiger partial charge >= 0.3 is 0 Å². The minimum absolute atomic E-state index is 0.256. The van der Waals surface area contributed by atoms with Crippen molar-refractivity contribution < 1.29 is 0 Å². The second-order valence-corrected chi connectivity index (χ2v) is 5.20. The molecule has 0 fully saturated rings. The summed E-state index contributed by atoms with van der Waals surface area (Å²) in [5.74, 6) is 0. The molecule has 2 atom stereocenters. The van der Waals surface area contributed by atoms with Crippen molar-refractivity contribution in [1.82, 2.24) is 10.3 Å². The Morgan fingerprint density at radius 1 is 1.05 bits per heavy atom. The summed E-state index contributed by atoms with van der Waals surface area (Å²) in [6, 6.07) is 15.6. The highest BCUT2D eigenvalue weighted by Gasteiger charge is 2.14. The molecule has 2 nitrogen and oxygen atoms in total. The first-order valence-corrected chi connectivity index (χ1v) is 7.50. The van der Waals surface area contributed by atoms with Gasteiger partial charge in [-0.1, -0.05) is 44.2 Å². The maximum atomic E-state index is 4.42. The summed E-state index contributed by atoms with van der Waals surface area (Å²) in [5.41, 5.74) is 3.84. The molecule has 0 amide bonds. The Bertz CT molecular complexity index is 505. The molecular weight excluding hydrogens is 244 g/mol. The van der Waals surface area contributed by atoms with Gasteiger partial charge < -0.3 is 5.32 Å². The summed E-state index contributed by atoms with van der Waals surface area (Å²) in [6.07, 6.45) is 4.02. The van der Waals surface area contributed by atoms with E-state index in [0.29, 0.717) is 6.04 Å². The summed E-state index contributed by atoms with van der Waals surface area (Å²) in [7, 11) is 0. The molecule has 0 spiro atoms. The zero-order chi connectivity index (χ0) is 14.4. The number of pyridine rings is 1. The molecule has 20 heavy (non-hydrogen) atoms. The highest BCUT2D eigenvalue weighted by molar-refractivity contribution is 5.25. The fraction of sp³-hybridized carbons (Fsp3) is 0.389. The van der Waals surface area contributed by atoms with E-state index < -0.39 is 0 Å². The third kappa shape index (κ3) is 3.67. The van der Waals surface area contributed by atoms with Crippen LogP contribution in [0.25, 0.3) is 0 Å². The molecule has 2 heteroatoms.